The largest absolute Gasteiger partial charge is 0.444 e. The number of aromatic nitrogens is 1. The van der Waals surface area contributed by atoms with E-state index in [-0.39, 0.29) is 11.7 Å². The summed E-state index contributed by atoms with van der Waals surface area (Å²) in [5.41, 5.74) is 1.62. The van der Waals surface area contributed by atoms with Gasteiger partial charge in [0.15, 0.2) is 5.78 Å². The number of carbonyl (C=O) groups is 3. The van der Waals surface area contributed by atoms with Crippen molar-refractivity contribution >= 4 is 35.2 Å². The molecule has 2 aromatic carbocycles. The molecule has 1 saturated heterocycles. The summed E-state index contributed by atoms with van der Waals surface area (Å²) in [5, 5.41) is 2.48. The van der Waals surface area contributed by atoms with Crippen LogP contribution in [-0.4, -0.2) is 45.1 Å². The fraction of sp³-hybridized carbons (Fsp3) is 0.259. The Labute approximate surface area is 208 Å². The normalized spacial score (nSPS) is 17.6. The highest BCUT2D eigenvalue weighted by Crippen LogP contribution is 2.42. The molecular formula is C27H27N3O4S. The Balaban J connectivity index is 1.56. The van der Waals surface area contributed by atoms with Crippen LogP contribution in [0.5, 0.6) is 0 Å². The van der Waals surface area contributed by atoms with Gasteiger partial charge in [-0.05, 0) is 39.0 Å². The quantitative estimate of drug-likeness (QED) is 0.489. The molecule has 0 saturated carbocycles. The minimum atomic E-state index is -0.756. The van der Waals surface area contributed by atoms with Crippen LogP contribution < -0.4 is 5.32 Å². The molecule has 35 heavy (non-hydrogen) atoms. The molecule has 2 atom stereocenters. The lowest BCUT2D eigenvalue weighted by atomic mass is 10.0. The fourth-order valence-electron chi connectivity index (χ4n) is 3.74. The molecule has 1 aliphatic rings. The third kappa shape index (κ3) is 5.89. The van der Waals surface area contributed by atoms with Crippen molar-refractivity contribution in [1.82, 2.24) is 9.88 Å². The molecule has 2 unspecified atom stereocenters. The highest BCUT2D eigenvalue weighted by molar-refractivity contribution is 7.99. The van der Waals surface area contributed by atoms with Crippen LogP contribution >= 0.6 is 11.8 Å². The number of ketones is 1. The minimum Gasteiger partial charge on any atom is -0.444 e. The maximum Gasteiger partial charge on any atom is 0.412 e. The summed E-state index contributed by atoms with van der Waals surface area (Å²) in [6.07, 6.45) is 2.78. The van der Waals surface area contributed by atoms with E-state index in [1.165, 1.54) is 16.7 Å². The second-order valence-corrected chi connectivity index (χ2v) is 10.3. The number of thioether (sulfide) groups is 1. The lowest BCUT2D eigenvalue weighted by Crippen LogP contribution is -2.47. The summed E-state index contributed by atoms with van der Waals surface area (Å²) in [7, 11) is 0. The van der Waals surface area contributed by atoms with Gasteiger partial charge in [0.05, 0.1) is 0 Å². The summed E-state index contributed by atoms with van der Waals surface area (Å²) in [6, 6.07) is 18.7. The first-order valence-corrected chi connectivity index (χ1v) is 12.3. The molecule has 8 heteroatoms. The molecule has 0 radical (unpaired) electrons. The number of pyridine rings is 1. The molecule has 2 heterocycles. The average molecular weight is 490 g/mol. The van der Waals surface area contributed by atoms with Crippen molar-refractivity contribution in [2.45, 2.75) is 37.8 Å². The molecule has 3 aromatic rings. The van der Waals surface area contributed by atoms with Crippen molar-refractivity contribution in [3.8, 4) is 0 Å². The zero-order chi connectivity index (χ0) is 25.0. The van der Waals surface area contributed by atoms with Crippen LogP contribution in [0.2, 0.25) is 0 Å². The lowest BCUT2D eigenvalue weighted by molar-refractivity contribution is -0.120. The van der Waals surface area contributed by atoms with Crippen LogP contribution in [0.15, 0.2) is 79.1 Å². The molecule has 1 aromatic heterocycles. The molecular weight excluding hydrogens is 462 g/mol. The Hall–Kier alpha value is -3.65. The van der Waals surface area contributed by atoms with Gasteiger partial charge in [0.25, 0.3) is 0 Å². The predicted molar refractivity (Wildman–Crippen MR) is 136 cm³/mol. The van der Waals surface area contributed by atoms with Crippen LogP contribution in [0.3, 0.4) is 0 Å². The second kappa shape index (κ2) is 10.3. The van der Waals surface area contributed by atoms with Crippen LogP contribution in [0.25, 0.3) is 0 Å². The van der Waals surface area contributed by atoms with Crippen molar-refractivity contribution in [1.29, 1.82) is 0 Å². The van der Waals surface area contributed by atoms with Crippen LogP contribution in [-0.2, 0) is 9.53 Å². The van der Waals surface area contributed by atoms with E-state index < -0.39 is 23.1 Å². The zero-order valence-corrected chi connectivity index (χ0v) is 20.6. The van der Waals surface area contributed by atoms with E-state index in [4.69, 9.17) is 4.74 Å². The van der Waals surface area contributed by atoms with Gasteiger partial charge in [0.2, 0.25) is 5.91 Å². The molecule has 180 valence electrons. The molecule has 2 amide bonds. The van der Waals surface area contributed by atoms with Crippen molar-refractivity contribution in [2.24, 2.45) is 0 Å². The number of benzene rings is 2. The number of nitrogens with zero attached hydrogens (tertiary/aromatic N) is 2. The summed E-state index contributed by atoms with van der Waals surface area (Å²) in [4.78, 5) is 45.0. The van der Waals surface area contributed by atoms with Crippen LogP contribution in [0.4, 0.5) is 10.5 Å². The van der Waals surface area contributed by atoms with E-state index in [9.17, 15) is 14.4 Å². The number of hydrogen-bond donors (Lipinski definition) is 1. The second-order valence-electron chi connectivity index (χ2n) is 9.14. The van der Waals surface area contributed by atoms with Gasteiger partial charge in [-0.3, -0.25) is 19.5 Å². The summed E-state index contributed by atoms with van der Waals surface area (Å²) in [6.45, 7) is 5.37. The molecule has 0 spiro atoms. The Morgan fingerprint density at radius 1 is 1.00 bits per heavy atom. The summed E-state index contributed by atoms with van der Waals surface area (Å²) < 4.78 is 5.63. The van der Waals surface area contributed by atoms with E-state index >= 15 is 0 Å². The number of rotatable bonds is 5. The first-order chi connectivity index (χ1) is 16.7. The van der Waals surface area contributed by atoms with Gasteiger partial charge in [0.1, 0.15) is 17.0 Å². The number of amides is 2. The molecule has 1 N–H and O–H groups in total. The van der Waals surface area contributed by atoms with E-state index in [0.29, 0.717) is 22.6 Å². The maximum absolute atomic E-state index is 13.3. The number of anilines is 1. The maximum atomic E-state index is 13.3. The van der Waals surface area contributed by atoms with Gasteiger partial charge in [-0.25, -0.2) is 4.79 Å². The molecule has 4 rings (SSSR count). The standard InChI is InChI=1S/C27H27N3O4S/c1-27(2,3)34-26(33)30-22(17-35-25(30)20-12-8-14-28-16-20)24(32)29-21-13-7-11-19(15-21)23(31)18-9-5-4-6-10-18/h4-16,22,25H,17H2,1-3H3,(H,29,32). The van der Waals surface area contributed by atoms with Gasteiger partial charge in [-0.1, -0.05) is 48.5 Å². The van der Waals surface area contributed by atoms with Gasteiger partial charge in [-0.15, -0.1) is 11.8 Å². The third-order valence-corrected chi connectivity index (χ3v) is 6.63. The SMILES string of the molecule is CC(C)(C)OC(=O)N1C(C(=O)Nc2cccc(C(=O)c3ccccc3)c2)CSC1c1cccnc1. The van der Waals surface area contributed by atoms with Crippen molar-refractivity contribution < 1.29 is 19.1 Å². The van der Waals surface area contributed by atoms with Crippen molar-refractivity contribution in [3.05, 3.63) is 95.8 Å². The Bertz CT molecular complexity index is 1210. The first kappa shape index (κ1) is 24.5. The van der Waals surface area contributed by atoms with E-state index in [2.05, 4.69) is 10.3 Å². The molecule has 7 nitrogen and oxygen atoms in total. The number of nitrogens with one attached hydrogen (secondary N) is 1. The van der Waals surface area contributed by atoms with Gasteiger partial charge >= 0.3 is 6.09 Å². The number of hydrogen-bond acceptors (Lipinski definition) is 6. The van der Waals surface area contributed by atoms with Crippen LogP contribution in [0, 0.1) is 0 Å². The first-order valence-electron chi connectivity index (χ1n) is 11.3. The van der Waals surface area contributed by atoms with E-state index in [1.54, 1.807) is 87.8 Å². The minimum absolute atomic E-state index is 0.134. The van der Waals surface area contributed by atoms with E-state index in [1.807, 2.05) is 12.1 Å². The Morgan fingerprint density at radius 3 is 2.43 bits per heavy atom. The van der Waals surface area contributed by atoms with Gasteiger partial charge < -0.3 is 10.1 Å². The molecule has 1 aliphatic heterocycles. The summed E-state index contributed by atoms with van der Waals surface area (Å²) in [5.74, 6) is -0.0861. The zero-order valence-electron chi connectivity index (χ0n) is 19.8. The Morgan fingerprint density at radius 2 is 1.74 bits per heavy atom. The topological polar surface area (TPSA) is 88.6 Å². The lowest BCUT2D eigenvalue weighted by Gasteiger charge is -2.31. The highest BCUT2D eigenvalue weighted by Gasteiger charge is 2.44. The molecule has 0 bridgehead atoms. The van der Waals surface area contributed by atoms with E-state index in [0.717, 1.165) is 5.56 Å². The number of carbonyl (C=O) groups excluding carboxylic acids is 3. The summed E-state index contributed by atoms with van der Waals surface area (Å²) >= 11 is 1.48. The number of ether oxygens (including phenoxy) is 1. The Kier molecular flexibility index (Phi) is 7.21. The monoisotopic (exact) mass is 489 g/mol. The molecule has 0 aliphatic carbocycles. The molecule has 1 fully saturated rings. The average Bonchev–Trinajstić information content (AvgIpc) is 3.30. The fourth-order valence-corrected chi connectivity index (χ4v) is 5.15. The highest BCUT2D eigenvalue weighted by atomic mass is 32.2. The van der Waals surface area contributed by atoms with Crippen molar-refractivity contribution in [3.63, 3.8) is 0 Å². The van der Waals surface area contributed by atoms with Crippen LogP contribution in [0.1, 0.15) is 47.6 Å². The van der Waals surface area contributed by atoms with Gasteiger partial charge in [0, 0.05) is 40.5 Å². The smallest absolute Gasteiger partial charge is 0.412 e. The third-order valence-electron chi connectivity index (χ3n) is 5.31. The van der Waals surface area contributed by atoms with Crippen molar-refractivity contribution in [2.75, 3.05) is 11.1 Å². The predicted octanol–water partition coefficient (Wildman–Crippen LogP) is 5.30. The van der Waals surface area contributed by atoms with Gasteiger partial charge in [-0.2, -0.15) is 0 Å².